The SMILES string of the molecule is CN=C(NCCCN(C)c1ccccc1)NCCc1nc(C(F)(F)F)cs1.I. The number of hydrogen-bond donors (Lipinski definition) is 2. The predicted molar refractivity (Wildman–Crippen MR) is 120 cm³/mol. The maximum absolute atomic E-state index is 12.5. The first-order chi connectivity index (χ1) is 12.9. The maximum Gasteiger partial charge on any atom is 0.434 e. The van der Waals surface area contributed by atoms with Gasteiger partial charge in [-0.05, 0) is 18.6 Å². The lowest BCUT2D eigenvalue weighted by atomic mass is 10.3. The Morgan fingerprint density at radius 1 is 1.18 bits per heavy atom. The Morgan fingerprint density at radius 2 is 1.86 bits per heavy atom. The van der Waals surface area contributed by atoms with Crippen LogP contribution in [0.2, 0.25) is 0 Å². The molecule has 1 aromatic heterocycles. The van der Waals surface area contributed by atoms with Crippen LogP contribution in [0, 0.1) is 0 Å². The zero-order valence-electron chi connectivity index (χ0n) is 15.8. The van der Waals surface area contributed by atoms with E-state index in [-0.39, 0.29) is 24.0 Å². The topological polar surface area (TPSA) is 52.6 Å². The van der Waals surface area contributed by atoms with E-state index in [1.165, 1.54) is 5.69 Å². The normalized spacial score (nSPS) is 11.7. The molecule has 0 saturated carbocycles. The molecular weight excluding hydrogens is 502 g/mol. The molecule has 1 heterocycles. The molecule has 0 aliphatic carbocycles. The summed E-state index contributed by atoms with van der Waals surface area (Å²) >= 11 is 1.02. The third kappa shape index (κ3) is 8.21. The van der Waals surface area contributed by atoms with Crippen LogP contribution in [0.5, 0.6) is 0 Å². The molecule has 28 heavy (non-hydrogen) atoms. The van der Waals surface area contributed by atoms with Crippen LogP contribution in [0.25, 0.3) is 0 Å². The average molecular weight is 527 g/mol. The third-order valence-corrected chi connectivity index (χ3v) is 4.77. The molecule has 0 radical (unpaired) electrons. The second kappa shape index (κ2) is 12.1. The lowest BCUT2D eigenvalue weighted by molar-refractivity contribution is -0.140. The highest BCUT2D eigenvalue weighted by Crippen LogP contribution is 2.29. The van der Waals surface area contributed by atoms with E-state index in [0.717, 1.165) is 36.2 Å². The van der Waals surface area contributed by atoms with Crippen LogP contribution in [0.4, 0.5) is 18.9 Å². The van der Waals surface area contributed by atoms with Crippen LogP contribution >= 0.6 is 35.3 Å². The van der Waals surface area contributed by atoms with Gasteiger partial charge in [0.05, 0.1) is 5.01 Å². The lowest BCUT2D eigenvalue weighted by Crippen LogP contribution is -2.39. The summed E-state index contributed by atoms with van der Waals surface area (Å²) in [6.45, 7) is 2.11. The van der Waals surface area contributed by atoms with E-state index in [9.17, 15) is 13.2 Å². The number of hydrogen-bond acceptors (Lipinski definition) is 4. The highest BCUT2D eigenvalue weighted by Gasteiger charge is 2.33. The summed E-state index contributed by atoms with van der Waals surface area (Å²) < 4.78 is 37.6. The van der Waals surface area contributed by atoms with Gasteiger partial charge in [0.1, 0.15) is 0 Å². The molecule has 2 N–H and O–H groups in total. The number of nitrogens with one attached hydrogen (secondary N) is 2. The average Bonchev–Trinajstić information content (AvgIpc) is 3.13. The van der Waals surface area contributed by atoms with Gasteiger partial charge in [-0.15, -0.1) is 35.3 Å². The van der Waals surface area contributed by atoms with Gasteiger partial charge in [0.25, 0.3) is 0 Å². The van der Waals surface area contributed by atoms with E-state index >= 15 is 0 Å². The molecule has 0 amide bonds. The molecule has 0 aliphatic heterocycles. The first-order valence-electron chi connectivity index (χ1n) is 8.62. The fraction of sp³-hybridized carbons (Fsp3) is 0.444. The molecule has 0 aliphatic rings. The van der Waals surface area contributed by atoms with Crippen molar-refractivity contribution in [2.24, 2.45) is 4.99 Å². The number of guanidine groups is 1. The van der Waals surface area contributed by atoms with E-state index < -0.39 is 11.9 Å². The highest BCUT2D eigenvalue weighted by atomic mass is 127. The fourth-order valence-corrected chi connectivity index (χ4v) is 3.20. The van der Waals surface area contributed by atoms with Crippen molar-refractivity contribution in [1.82, 2.24) is 15.6 Å². The Morgan fingerprint density at radius 3 is 2.46 bits per heavy atom. The maximum atomic E-state index is 12.5. The summed E-state index contributed by atoms with van der Waals surface area (Å²) in [4.78, 5) is 9.92. The Balaban J connectivity index is 0.00000392. The first kappa shape index (κ1) is 24.5. The van der Waals surface area contributed by atoms with Gasteiger partial charge in [-0.1, -0.05) is 18.2 Å². The molecule has 0 spiro atoms. The smallest absolute Gasteiger partial charge is 0.375 e. The summed E-state index contributed by atoms with van der Waals surface area (Å²) in [5.41, 5.74) is 0.342. The standard InChI is InChI=1S/C18H24F3N5S.HI/c1-22-17(23-10-6-12-26(2)14-7-4-3-5-8-14)24-11-9-16-25-15(13-27-16)18(19,20)21;/h3-5,7-8,13H,6,9-12H2,1-2H3,(H2,22,23,24);1H. The minimum atomic E-state index is -4.38. The summed E-state index contributed by atoms with van der Waals surface area (Å²) in [6, 6.07) is 10.1. The van der Waals surface area contributed by atoms with Crippen LogP contribution in [0.1, 0.15) is 17.1 Å². The van der Waals surface area contributed by atoms with E-state index in [1.54, 1.807) is 7.05 Å². The number of aliphatic imine (C=N–C) groups is 1. The Labute approximate surface area is 184 Å². The van der Waals surface area contributed by atoms with Crippen LogP contribution in [-0.2, 0) is 12.6 Å². The molecule has 10 heteroatoms. The van der Waals surface area contributed by atoms with Gasteiger partial charge in [-0.3, -0.25) is 4.99 Å². The van der Waals surface area contributed by atoms with Crippen molar-refractivity contribution in [1.29, 1.82) is 0 Å². The molecule has 0 saturated heterocycles. The number of benzene rings is 1. The van der Waals surface area contributed by atoms with Gasteiger partial charge >= 0.3 is 6.18 Å². The van der Waals surface area contributed by atoms with E-state index in [4.69, 9.17) is 0 Å². The van der Waals surface area contributed by atoms with Crippen LogP contribution in [0.3, 0.4) is 0 Å². The first-order valence-corrected chi connectivity index (χ1v) is 9.50. The largest absolute Gasteiger partial charge is 0.434 e. The number of aromatic nitrogens is 1. The van der Waals surface area contributed by atoms with Crippen molar-refractivity contribution in [3.8, 4) is 0 Å². The Hall–Kier alpha value is -1.56. The number of para-hydroxylation sites is 1. The van der Waals surface area contributed by atoms with Gasteiger partial charge < -0.3 is 15.5 Å². The summed E-state index contributed by atoms with van der Waals surface area (Å²) in [6.07, 6.45) is -3.04. The van der Waals surface area contributed by atoms with Gasteiger partial charge in [0.15, 0.2) is 11.7 Å². The molecule has 156 valence electrons. The Kier molecular flexibility index (Phi) is 10.6. The zero-order valence-corrected chi connectivity index (χ0v) is 18.9. The second-order valence-electron chi connectivity index (χ2n) is 5.91. The summed E-state index contributed by atoms with van der Waals surface area (Å²) in [5, 5.41) is 7.80. The van der Waals surface area contributed by atoms with Crippen LogP contribution in [0.15, 0.2) is 40.7 Å². The van der Waals surface area contributed by atoms with Gasteiger partial charge in [0, 0.05) is 51.2 Å². The van der Waals surface area contributed by atoms with Crippen molar-refractivity contribution in [2.75, 3.05) is 38.6 Å². The summed E-state index contributed by atoms with van der Waals surface area (Å²) in [7, 11) is 3.71. The number of alkyl halides is 3. The molecule has 2 aromatic rings. The zero-order chi connectivity index (χ0) is 19.7. The second-order valence-corrected chi connectivity index (χ2v) is 6.85. The minimum absolute atomic E-state index is 0. The quantitative estimate of drug-likeness (QED) is 0.236. The lowest BCUT2D eigenvalue weighted by Gasteiger charge is -2.19. The fourth-order valence-electron chi connectivity index (χ4n) is 2.40. The van der Waals surface area contributed by atoms with E-state index in [1.807, 2.05) is 25.2 Å². The number of thiazole rings is 1. The molecular formula is C18H25F3IN5S. The summed E-state index contributed by atoms with van der Waals surface area (Å²) in [5.74, 6) is 0.630. The van der Waals surface area contributed by atoms with E-state index in [2.05, 4.69) is 37.6 Å². The number of rotatable bonds is 8. The van der Waals surface area contributed by atoms with Crippen LogP contribution < -0.4 is 15.5 Å². The molecule has 2 rings (SSSR count). The molecule has 5 nitrogen and oxygen atoms in total. The number of halogens is 4. The van der Waals surface area contributed by atoms with Crippen molar-refractivity contribution in [2.45, 2.75) is 19.0 Å². The van der Waals surface area contributed by atoms with Gasteiger partial charge in [-0.2, -0.15) is 13.2 Å². The minimum Gasteiger partial charge on any atom is -0.375 e. The molecule has 1 aromatic carbocycles. The van der Waals surface area contributed by atoms with Crippen molar-refractivity contribution in [3.05, 3.63) is 46.4 Å². The van der Waals surface area contributed by atoms with E-state index in [0.29, 0.717) is 23.9 Å². The van der Waals surface area contributed by atoms with Crippen molar-refractivity contribution in [3.63, 3.8) is 0 Å². The van der Waals surface area contributed by atoms with Crippen LogP contribution in [-0.4, -0.2) is 44.7 Å². The van der Waals surface area contributed by atoms with Gasteiger partial charge in [0.2, 0.25) is 0 Å². The third-order valence-electron chi connectivity index (χ3n) is 3.86. The molecule has 0 bridgehead atoms. The highest BCUT2D eigenvalue weighted by molar-refractivity contribution is 14.0. The molecule has 0 fully saturated rings. The predicted octanol–water partition coefficient (Wildman–Crippen LogP) is 4.01. The van der Waals surface area contributed by atoms with Crippen molar-refractivity contribution >= 4 is 47.0 Å². The molecule has 0 atom stereocenters. The van der Waals surface area contributed by atoms with Gasteiger partial charge in [-0.25, -0.2) is 4.98 Å². The number of nitrogens with zero attached hydrogens (tertiary/aromatic N) is 3. The monoisotopic (exact) mass is 527 g/mol. The molecule has 0 unspecified atom stereocenters. The van der Waals surface area contributed by atoms with Crippen molar-refractivity contribution < 1.29 is 13.2 Å². The number of anilines is 1. The Bertz CT molecular complexity index is 722.